The first-order valence-electron chi connectivity index (χ1n) is 6.55. The fourth-order valence-corrected chi connectivity index (χ4v) is 3.11. The maximum absolute atomic E-state index is 11.2. The highest BCUT2D eigenvalue weighted by molar-refractivity contribution is 5.70. The van der Waals surface area contributed by atoms with Crippen molar-refractivity contribution in [3.8, 4) is 11.5 Å². The van der Waals surface area contributed by atoms with Gasteiger partial charge in [-0.15, -0.1) is 0 Å². The van der Waals surface area contributed by atoms with Crippen LogP contribution in [0.25, 0.3) is 0 Å². The van der Waals surface area contributed by atoms with Crippen molar-refractivity contribution in [1.82, 2.24) is 0 Å². The first-order valence-corrected chi connectivity index (χ1v) is 6.55. The van der Waals surface area contributed by atoms with Gasteiger partial charge in [0.1, 0.15) is 11.5 Å². The molecule has 0 spiro atoms. The molecule has 19 heavy (non-hydrogen) atoms. The summed E-state index contributed by atoms with van der Waals surface area (Å²) in [6, 6.07) is 5.62. The van der Waals surface area contributed by atoms with Crippen molar-refractivity contribution >= 4 is 5.97 Å². The minimum absolute atomic E-state index is 0.149. The Balaban J connectivity index is 2.48. The maximum Gasteiger partial charge on any atom is 0.304 e. The van der Waals surface area contributed by atoms with Crippen LogP contribution < -0.4 is 9.47 Å². The van der Waals surface area contributed by atoms with Gasteiger partial charge in [-0.05, 0) is 31.0 Å². The average molecular weight is 264 g/mol. The molecule has 1 fully saturated rings. The van der Waals surface area contributed by atoms with Crippen LogP contribution >= 0.6 is 0 Å². The van der Waals surface area contributed by atoms with E-state index in [0.717, 1.165) is 42.7 Å². The molecule has 1 aromatic rings. The van der Waals surface area contributed by atoms with Crippen molar-refractivity contribution in [2.45, 2.75) is 37.5 Å². The van der Waals surface area contributed by atoms with Crippen molar-refractivity contribution in [2.24, 2.45) is 0 Å². The summed E-state index contributed by atoms with van der Waals surface area (Å²) in [4.78, 5) is 11.2. The molecular weight excluding hydrogens is 244 g/mol. The zero-order chi connectivity index (χ0) is 13.9. The summed E-state index contributed by atoms with van der Waals surface area (Å²) in [5, 5.41) is 9.22. The molecule has 0 aromatic heterocycles. The zero-order valence-electron chi connectivity index (χ0n) is 11.4. The van der Waals surface area contributed by atoms with E-state index in [1.165, 1.54) is 0 Å². The minimum atomic E-state index is -0.758. The topological polar surface area (TPSA) is 55.8 Å². The Hall–Kier alpha value is -1.71. The molecule has 0 atom stereocenters. The van der Waals surface area contributed by atoms with Crippen molar-refractivity contribution in [2.75, 3.05) is 14.2 Å². The predicted octanol–water partition coefficient (Wildman–Crippen LogP) is 2.99. The summed E-state index contributed by atoms with van der Waals surface area (Å²) in [5.41, 5.74) is 0.653. The van der Waals surface area contributed by atoms with Gasteiger partial charge in [-0.3, -0.25) is 4.79 Å². The van der Waals surface area contributed by atoms with E-state index in [9.17, 15) is 9.90 Å². The standard InChI is InChI=1S/C15H20O4/c1-18-11-5-6-13(19-2)12(9-11)15(10-14(16)17)7-3-4-8-15/h5-6,9H,3-4,7-8,10H2,1-2H3,(H,16,17). The summed E-state index contributed by atoms with van der Waals surface area (Å²) < 4.78 is 10.7. The second-order valence-corrected chi connectivity index (χ2v) is 5.12. The third kappa shape index (κ3) is 2.67. The Labute approximate surface area is 113 Å². The lowest BCUT2D eigenvalue weighted by atomic mass is 9.75. The highest BCUT2D eigenvalue weighted by atomic mass is 16.5. The second-order valence-electron chi connectivity index (χ2n) is 5.12. The number of ether oxygens (including phenoxy) is 2. The lowest BCUT2D eigenvalue weighted by molar-refractivity contribution is -0.138. The van der Waals surface area contributed by atoms with E-state index in [1.807, 2.05) is 18.2 Å². The molecule has 1 N–H and O–H groups in total. The van der Waals surface area contributed by atoms with Crippen LogP contribution in [-0.4, -0.2) is 25.3 Å². The first kappa shape index (κ1) is 13.7. The van der Waals surface area contributed by atoms with Crippen LogP contribution in [0.5, 0.6) is 11.5 Å². The third-order valence-corrected chi connectivity index (χ3v) is 4.03. The normalized spacial score (nSPS) is 17.2. The van der Waals surface area contributed by atoms with Crippen molar-refractivity contribution in [3.63, 3.8) is 0 Å². The molecule has 1 aliphatic carbocycles. The highest BCUT2D eigenvalue weighted by Gasteiger charge is 2.40. The molecule has 0 amide bonds. The molecule has 1 saturated carbocycles. The fraction of sp³-hybridized carbons (Fsp3) is 0.533. The molecule has 1 aromatic carbocycles. The summed E-state index contributed by atoms with van der Waals surface area (Å²) in [6.45, 7) is 0. The molecule has 104 valence electrons. The van der Waals surface area contributed by atoms with E-state index in [-0.39, 0.29) is 11.8 Å². The van der Waals surface area contributed by atoms with Crippen molar-refractivity contribution in [3.05, 3.63) is 23.8 Å². The zero-order valence-corrected chi connectivity index (χ0v) is 11.4. The third-order valence-electron chi connectivity index (χ3n) is 4.03. The van der Waals surface area contributed by atoms with Crippen LogP contribution in [0, 0.1) is 0 Å². The Kier molecular flexibility index (Phi) is 3.98. The number of methoxy groups -OCH3 is 2. The molecule has 0 radical (unpaired) electrons. The van der Waals surface area contributed by atoms with E-state index < -0.39 is 5.97 Å². The number of hydrogen-bond donors (Lipinski definition) is 1. The second kappa shape index (κ2) is 5.51. The molecule has 0 aliphatic heterocycles. The van der Waals surface area contributed by atoms with Gasteiger partial charge in [0.25, 0.3) is 0 Å². The Morgan fingerprint density at radius 2 is 1.95 bits per heavy atom. The quantitative estimate of drug-likeness (QED) is 0.888. The number of carboxylic acid groups (broad SMARTS) is 1. The summed E-state index contributed by atoms with van der Waals surface area (Å²) in [7, 11) is 3.23. The van der Waals surface area contributed by atoms with Gasteiger partial charge >= 0.3 is 5.97 Å². The number of aliphatic carboxylic acids is 1. The van der Waals surface area contributed by atoms with Gasteiger partial charge in [0.2, 0.25) is 0 Å². The van der Waals surface area contributed by atoms with Crippen LogP contribution in [0.1, 0.15) is 37.7 Å². The van der Waals surface area contributed by atoms with Crippen molar-refractivity contribution in [1.29, 1.82) is 0 Å². The number of carboxylic acids is 1. The summed E-state index contributed by atoms with van der Waals surface area (Å²) in [6.07, 6.45) is 4.06. The van der Waals surface area contributed by atoms with Gasteiger partial charge in [0, 0.05) is 11.0 Å². The highest BCUT2D eigenvalue weighted by Crippen LogP contribution is 2.48. The Bertz CT molecular complexity index is 461. The van der Waals surface area contributed by atoms with Crippen LogP contribution in [0.4, 0.5) is 0 Å². The SMILES string of the molecule is COc1ccc(OC)c(C2(CC(=O)O)CCCC2)c1. The molecule has 0 heterocycles. The van der Waals surface area contributed by atoms with Crippen LogP contribution in [-0.2, 0) is 10.2 Å². The number of carbonyl (C=O) groups is 1. The van der Waals surface area contributed by atoms with Crippen LogP contribution in [0.3, 0.4) is 0 Å². The fourth-order valence-electron chi connectivity index (χ4n) is 3.11. The lowest BCUT2D eigenvalue weighted by Crippen LogP contribution is -2.26. The number of benzene rings is 1. The van der Waals surface area contributed by atoms with Gasteiger partial charge in [-0.1, -0.05) is 12.8 Å². The Morgan fingerprint density at radius 3 is 2.47 bits per heavy atom. The largest absolute Gasteiger partial charge is 0.497 e. The van der Waals surface area contributed by atoms with E-state index in [0.29, 0.717) is 0 Å². The van der Waals surface area contributed by atoms with Gasteiger partial charge in [0.05, 0.1) is 20.6 Å². The van der Waals surface area contributed by atoms with Gasteiger partial charge < -0.3 is 14.6 Å². The number of rotatable bonds is 5. The van der Waals surface area contributed by atoms with Crippen molar-refractivity contribution < 1.29 is 19.4 Å². The molecule has 0 saturated heterocycles. The van der Waals surface area contributed by atoms with E-state index in [4.69, 9.17) is 9.47 Å². The molecule has 0 unspecified atom stereocenters. The molecule has 1 aliphatic rings. The van der Waals surface area contributed by atoms with Crippen LogP contribution in [0.2, 0.25) is 0 Å². The average Bonchev–Trinajstić information content (AvgIpc) is 2.86. The molecule has 4 heteroatoms. The van der Waals surface area contributed by atoms with Crippen LogP contribution in [0.15, 0.2) is 18.2 Å². The minimum Gasteiger partial charge on any atom is -0.497 e. The lowest BCUT2D eigenvalue weighted by Gasteiger charge is -2.29. The Morgan fingerprint density at radius 1 is 1.26 bits per heavy atom. The first-order chi connectivity index (χ1) is 9.11. The smallest absolute Gasteiger partial charge is 0.304 e. The summed E-state index contributed by atoms with van der Waals surface area (Å²) in [5.74, 6) is 0.739. The van der Waals surface area contributed by atoms with Gasteiger partial charge in [-0.25, -0.2) is 0 Å². The van der Waals surface area contributed by atoms with Gasteiger partial charge in [0.15, 0.2) is 0 Å². The predicted molar refractivity (Wildman–Crippen MR) is 71.9 cm³/mol. The molecule has 2 rings (SSSR count). The van der Waals surface area contributed by atoms with E-state index in [2.05, 4.69) is 0 Å². The monoisotopic (exact) mass is 264 g/mol. The summed E-state index contributed by atoms with van der Waals surface area (Å²) >= 11 is 0. The molecule has 0 bridgehead atoms. The van der Waals surface area contributed by atoms with E-state index in [1.54, 1.807) is 14.2 Å². The number of hydrogen-bond acceptors (Lipinski definition) is 3. The van der Waals surface area contributed by atoms with E-state index >= 15 is 0 Å². The molecule has 4 nitrogen and oxygen atoms in total. The maximum atomic E-state index is 11.2. The van der Waals surface area contributed by atoms with Gasteiger partial charge in [-0.2, -0.15) is 0 Å². The molecular formula is C15H20O4.